The van der Waals surface area contributed by atoms with E-state index in [1.165, 1.54) is 12.1 Å². The summed E-state index contributed by atoms with van der Waals surface area (Å²) in [7, 11) is 1.83. The molecule has 5 rings (SSSR count). The van der Waals surface area contributed by atoms with Crippen LogP contribution < -0.4 is 19.5 Å². The van der Waals surface area contributed by atoms with Gasteiger partial charge in [-0.1, -0.05) is 0 Å². The quantitative estimate of drug-likeness (QED) is 0.704. The van der Waals surface area contributed by atoms with Crippen molar-refractivity contribution >= 4 is 16.9 Å². The molecule has 4 heterocycles. The van der Waals surface area contributed by atoms with E-state index in [9.17, 15) is 13.6 Å². The van der Waals surface area contributed by atoms with Crippen LogP contribution in [0.5, 0.6) is 17.4 Å². The molecule has 2 aromatic heterocycles. The number of carbonyl (C=O) groups excluding carboxylic acids is 1. The number of rotatable bonds is 4. The van der Waals surface area contributed by atoms with Crippen LogP contribution in [0, 0.1) is 5.92 Å². The molecule has 2 aliphatic heterocycles. The van der Waals surface area contributed by atoms with E-state index in [2.05, 4.69) is 24.8 Å². The standard InChI is InChI=1S/C20H18F2N4O4/c1-10(12-6-17(27)23-8-12)28-19-18-14(24-9-26(18)2)7-13(25-19)11-3-4-15-16(5-11)30-20(21,22)29-15/h3-5,7,9-10,12H,6,8H2,1-2H3,(H,23,27)/t10-,12?/m1/s1. The second-order valence-electron chi connectivity index (χ2n) is 7.46. The van der Waals surface area contributed by atoms with Gasteiger partial charge in [-0.25, -0.2) is 9.97 Å². The second-order valence-corrected chi connectivity index (χ2v) is 7.46. The Bertz CT molecular complexity index is 1160. The van der Waals surface area contributed by atoms with Crippen molar-refractivity contribution in [2.24, 2.45) is 13.0 Å². The van der Waals surface area contributed by atoms with Crippen molar-refractivity contribution in [3.05, 3.63) is 30.6 Å². The Kier molecular flexibility index (Phi) is 4.05. The van der Waals surface area contributed by atoms with Gasteiger partial charge in [0.2, 0.25) is 11.8 Å². The number of fused-ring (bicyclic) bond motifs is 2. The summed E-state index contributed by atoms with van der Waals surface area (Å²) in [6, 6.07) is 6.23. The summed E-state index contributed by atoms with van der Waals surface area (Å²) in [4.78, 5) is 20.5. The van der Waals surface area contributed by atoms with Crippen molar-refractivity contribution in [3.8, 4) is 28.6 Å². The molecule has 8 nitrogen and oxygen atoms in total. The van der Waals surface area contributed by atoms with Gasteiger partial charge < -0.3 is 24.1 Å². The van der Waals surface area contributed by atoms with Crippen LogP contribution in [0.1, 0.15) is 13.3 Å². The highest BCUT2D eigenvalue weighted by atomic mass is 19.3. The first-order valence-corrected chi connectivity index (χ1v) is 9.45. The van der Waals surface area contributed by atoms with E-state index in [0.29, 0.717) is 41.1 Å². The SMILES string of the molecule is C[C@@H](Oc1nc(-c2ccc3c(c2)OC(F)(F)O3)cc2ncn(C)c12)C1CNC(=O)C1. The van der Waals surface area contributed by atoms with Gasteiger partial charge in [0.1, 0.15) is 11.6 Å². The highest BCUT2D eigenvalue weighted by molar-refractivity contribution is 5.85. The van der Waals surface area contributed by atoms with Crippen molar-refractivity contribution in [1.29, 1.82) is 0 Å². The number of hydrogen-bond donors (Lipinski definition) is 1. The third-order valence-electron chi connectivity index (χ3n) is 5.33. The van der Waals surface area contributed by atoms with Crippen molar-refractivity contribution in [2.45, 2.75) is 25.7 Å². The molecule has 0 bridgehead atoms. The van der Waals surface area contributed by atoms with E-state index in [-0.39, 0.29) is 29.4 Å². The first kappa shape index (κ1) is 18.6. The lowest BCUT2D eigenvalue weighted by atomic mass is 10.0. The van der Waals surface area contributed by atoms with E-state index in [0.717, 1.165) is 0 Å². The summed E-state index contributed by atoms with van der Waals surface area (Å²) in [6.45, 7) is 2.44. The van der Waals surface area contributed by atoms with Crippen molar-refractivity contribution in [1.82, 2.24) is 19.9 Å². The number of hydrogen-bond acceptors (Lipinski definition) is 6. The fraction of sp³-hybridized carbons (Fsp3) is 0.350. The van der Waals surface area contributed by atoms with Crippen LogP contribution in [0.25, 0.3) is 22.3 Å². The first-order valence-electron chi connectivity index (χ1n) is 9.45. The van der Waals surface area contributed by atoms with E-state index in [4.69, 9.17) is 4.74 Å². The number of benzene rings is 1. The number of halogens is 2. The average molecular weight is 416 g/mol. The van der Waals surface area contributed by atoms with E-state index < -0.39 is 6.29 Å². The minimum atomic E-state index is -3.68. The lowest BCUT2D eigenvalue weighted by Gasteiger charge is -2.20. The molecule has 156 valence electrons. The van der Waals surface area contributed by atoms with Crippen LogP contribution in [0.4, 0.5) is 8.78 Å². The number of pyridine rings is 1. The zero-order valence-corrected chi connectivity index (χ0v) is 16.2. The maximum atomic E-state index is 13.3. The molecule has 3 aromatic rings. The highest BCUT2D eigenvalue weighted by Crippen LogP contribution is 2.43. The van der Waals surface area contributed by atoms with Gasteiger partial charge in [-0.2, -0.15) is 0 Å². The Morgan fingerprint density at radius 2 is 2.10 bits per heavy atom. The number of alkyl halides is 2. The van der Waals surface area contributed by atoms with Crippen LogP contribution in [0.15, 0.2) is 30.6 Å². The summed E-state index contributed by atoms with van der Waals surface area (Å²) >= 11 is 0. The summed E-state index contributed by atoms with van der Waals surface area (Å²) in [5, 5.41) is 2.80. The molecule has 1 fully saturated rings. The second kappa shape index (κ2) is 6.54. The molecule has 1 unspecified atom stereocenters. The molecule has 30 heavy (non-hydrogen) atoms. The predicted octanol–water partition coefficient (Wildman–Crippen LogP) is 2.86. The number of carbonyl (C=O) groups is 1. The Morgan fingerprint density at radius 1 is 1.30 bits per heavy atom. The lowest BCUT2D eigenvalue weighted by molar-refractivity contribution is -0.286. The molecule has 1 aromatic carbocycles. The third-order valence-corrected chi connectivity index (χ3v) is 5.33. The summed E-state index contributed by atoms with van der Waals surface area (Å²) in [5.74, 6) is 0.286. The largest absolute Gasteiger partial charge is 0.586 e. The number of nitrogens with one attached hydrogen (secondary N) is 1. The summed E-state index contributed by atoms with van der Waals surface area (Å²) in [5.41, 5.74) is 2.40. The fourth-order valence-corrected chi connectivity index (χ4v) is 3.71. The zero-order valence-electron chi connectivity index (χ0n) is 16.2. The number of aryl methyl sites for hydroxylation is 1. The smallest absolute Gasteiger partial charge is 0.473 e. The Labute approximate surface area is 169 Å². The number of nitrogens with zero attached hydrogens (tertiary/aromatic N) is 3. The van der Waals surface area contributed by atoms with Gasteiger partial charge >= 0.3 is 6.29 Å². The number of imidazole rings is 1. The number of aromatic nitrogens is 3. The van der Waals surface area contributed by atoms with Crippen molar-refractivity contribution in [3.63, 3.8) is 0 Å². The summed E-state index contributed by atoms with van der Waals surface area (Å²) < 4.78 is 43.6. The van der Waals surface area contributed by atoms with Gasteiger partial charge in [0.05, 0.1) is 17.5 Å². The average Bonchev–Trinajstić information content (AvgIpc) is 3.36. The van der Waals surface area contributed by atoms with Crippen LogP contribution in [-0.4, -0.2) is 39.4 Å². The van der Waals surface area contributed by atoms with Gasteiger partial charge in [0.15, 0.2) is 11.5 Å². The molecule has 0 aliphatic carbocycles. The summed E-state index contributed by atoms with van der Waals surface area (Å²) in [6.07, 6.45) is -1.91. The molecule has 2 aliphatic rings. The van der Waals surface area contributed by atoms with Crippen LogP contribution in [0.3, 0.4) is 0 Å². The minimum Gasteiger partial charge on any atom is -0.473 e. The molecule has 10 heteroatoms. The van der Waals surface area contributed by atoms with Crippen molar-refractivity contribution in [2.75, 3.05) is 6.54 Å². The van der Waals surface area contributed by atoms with Gasteiger partial charge in [-0.15, -0.1) is 8.78 Å². The monoisotopic (exact) mass is 416 g/mol. The maximum Gasteiger partial charge on any atom is 0.586 e. The lowest BCUT2D eigenvalue weighted by Crippen LogP contribution is -2.26. The molecule has 1 amide bonds. The van der Waals surface area contributed by atoms with E-state index in [1.807, 2.05) is 14.0 Å². The van der Waals surface area contributed by atoms with Gasteiger partial charge in [0.25, 0.3) is 0 Å². The van der Waals surface area contributed by atoms with Crippen LogP contribution in [-0.2, 0) is 11.8 Å². The first-order chi connectivity index (χ1) is 14.3. The fourth-order valence-electron chi connectivity index (χ4n) is 3.71. The molecule has 1 N–H and O–H groups in total. The zero-order chi connectivity index (χ0) is 21.0. The number of amides is 1. The predicted molar refractivity (Wildman–Crippen MR) is 101 cm³/mol. The van der Waals surface area contributed by atoms with Gasteiger partial charge in [-0.05, 0) is 31.2 Å². The normalized spacial score (nSPS) is 20.4. The highest BCUT2D eigenvalue weighted by Gasteiger charge is 2.43. The van der Waals surface area contributed by atoms with Crippen molar-refractivity contribution < 1.29 is 27.8 Å². The Balaban J connectivity index is 1.52. The maximum absolute atomic E-state index is 13.3. The Hall–Kier alpha value is -3.43. The molecule has 0 saturated carbocycles. The third kappa shape index (κ3) is 3.17. The van der Waals surface area contributed by atoms with Crippen LogP contribution >= 0.6 is 0 Å². The number of ether oxygens (including phenoxy) is 3. The van der Waals surface area contributed by atoms with Crippen LogP contribution in [0.2, 0.25) is 0 Å². The molecule has 2 atom stereocenters. The van der Waals surface area contributed by atoms with E-state index in [1.54, 1.807) is 23.0 Å². The van der Waals surface area contributed by atoms with E-state index >= 15 is 0 Å². The molecular formula is C20H18F2N4O4. The molecular weight excluding hydrogens is 398 g/mol. The van der Waals surface area contributed by atoms with Gasteiger partial charge in [0, 0.05) is 31.5 Å². The Morgan fingerprint density at radius 3 is 2.87 bits per heavy atom. The topological polar surface area (TPSA) is 87.5 Å². The van der Waals surface area contributed by atoms with Gasteiger partial charge in [-0.3, -0.25) is 4.79 Å². The molecule has 0 radical (unpaired) electrons. The minimum absolute atomic E-state index is 0.00000162. The molecule has 1 saturated heterocycles. The molecule has 0 spiro atoms.